The molecule has 1 N–H and O–H groups in total. The number of aryl methyl sites for hydroxylation is 2. The van der Waals surface area contributed by atoms with Crippen molar-refractivity contribution in [1.29, 1.82) is 0 Å². The second-order valence-corrected chi connectivity index (χ2v) is 4.69. The number of carbonyl (C=O) groups is 1. The van der Waals surface area contributed by atoms with Gasteiger partial charge >= 0.3 is 0 Å². The highest BCUT2D eigenvalue weighted by molar-refractivity contribution is 6.07. The minimum Gasteiger partial charge on any atom is -0.459 e. The van der Waals surface area contributed by atoms with Crippen LogP contribution in [0.3, 0.4) is 0 Å². The molecule has 0 aliphatic carbocycles. The number of anilines is 1. The number of hydrogen-bond acceptors (Lipinski definition) is 3. The molecule has 1 aromatic carbocycles. The molecule has 0 aliphatic heterocycles. The molecule has 0 radical (unpaired) electrons. The molecule has 0 atom stereocenters. The zero-order chi connectivity index (χ0) is 14.1. The number of fused-ring (bicyclic) bond motifs is 1. The van der Waals surface area contributed by atoms with Crippen LogP contribution in [-0.2, 0) is 0 Å². The van der Waals surface area contributed by atoms with E-state index in [1.165, 1.54) is 11.8 Å². The summed E-state index contributed by atoms with van der Waals surface area (Å²) in [6, 6.07) is 9.11. The maximum absolute atomic E-state index is 12.0. The number of benzene rings is 1. The lowest BCUT2D eigenvalue weighted by atomic mass is 10.0. The molecule has 0 unspecified atom stereocenters. The number of nitrogens with one attached hydrogen (secondary N) is 1. The number of amides is 1. The Bertz CT molecular complexity index is 777. The fraction of sp³-hybridized carbons (Fsp3) is 0.125. The fourth-order valence-corrected chi connectivity index (χ4v) is 2.16. The van der Waals surface area contributed by atoms with Crippen LogP contribution >= 0.6 is 0 Å². The molecule has 100 valence electrons. The largest absolute Gasteiger partial charge is 0.459 e. The number of carbonyl (C=O) groups excluding carboxylic acids is 1. The minimum atomic E-state index is -0.263. The maximum Gasteiger partial charge on any atom is 0.291 e. The van der Waals surface area contributed by atoms with Crippen molar-refractivity contribution < 1.29 is 9.21 Å². The van der Waals surface area contributed by atoms with E-state index in [1.54, 1.807) is 24.4 Å². The number of aromatic nitrogens is 1. The van der Waals surface area contributed by atoms with E-state index in [-0.39, 0.29) is 5.91 Å². The Labute approximate surface area is 116 Å². The average Bonchev–Trinajstić information content (AvgIpc) is 2.97. The zero-order valence-corrected chi connectivity index (χ0v) is 11.3. The molecule has 4 heteroatoms. The van der Waals surface area contributed by atoms with Gasteiger partial charge in [-0.2, -0.15) is 0 Å². The SMILES string of the molecule is Cc1ccc2c(NC(=O)c3ccco3)ccnc2c1C. The molecular formula is C16H14N2O2. The van der Waals surface area contributed by atoms with Gasteiger partial charge in [0.15, 0.2) is 5.76 Å². The molecule has 2 aromatic heterocycles. The molecule has 2 heterocycles. The van der Waals surface area contributed by atoms with E-state index in [4.69, 9.17) is 4.42 Å². The van der Waals surface area contributed by atoms with Crippen LogP contribution in [0, 0.1) is 13.8 Å². The van der Waals surface area contributed by atoms with Crippen molar-refractivity contribution in [2.24, 2.45) is 0 Å². The van der Waals surface area contributed by atoms with Crippen molar-refractivity contribution >= 4 is 22.5 Å². The molecule has 0 bridgehead atoms. The fourth-order valence-electron chi connectivity index (χ4n) is 2.16. The Hall–Kier alpha value is -2.62. The van der Waals surface area contributed by atoms with Gasteiger partial charge in [0.05, 0.1) is 17.5 Å². The normalized spacial score (nSPS) is 10.7. The van der Waals surface area contributed by atoms with Crippen molar-refractivity contribution in [1.82, 2.24) is 4.98 Å². The quantitative estimate of drug-likeness (QED) is 0.769. The standard InChI is InChI=1S/C16H14N2O2/c1-10-5-6-12-13(7-8-17-15(12)11(10)2)18-16(19)14-4-3-9-20-14/h3-9H,1-2H3,(H,17,18,19). The van der Waals surface area contributed by atoms with E-state index in [0.717, 1.165) is 22.2 Å². The lowest BCUT2D eigenvalue weighted by Crippen LogP contribution is -2.11. The molecule has 1 amide bonds. The molecule has 0 spiro atoms. The summed E-state index contributed by atoms with van der Waals surface area (Å²) < 4.78 is 5.09. The summed E-state index contributed by atoms with van der Waals surface area (Å²) in [5.41, 5.74) is 3.94. The molecule has 0 saturated heterocycles. The molecule has 0 aliphatic rings. The smallest absolute Gasteiger partial charge is 0.291 e. The summed E-state index contributed by atoms with van der Waals surface area (Å²) in [5, 5.41) is 3.79. The second kappa shape index (κ2) is 4.81. The number of rotatable bonds is 2. The Morgan fingerprint density at radius 3 is 2.80 bits per heavy atom. The van der Waals surface area contributed by atoms with Crippen LogP contribution in [0.1, 0.15) is 21.7 Å². The molecule has 0 fully saturated rings. The summed E-state index contributed by atoms with van der Waals surface area (Å²) in [5.74, 6) is 0.0273. The van der Waals surface area contributed by atoms with Crippen LogP contribution in [0.5, 0.6) is 0 Å². The van der Waals surface area contributed by atoms with E-state index in [2.05, 4.69) is 10.3 Å². The van der Waals surface area contributed by atoms with Crippen LogP contribution < -0.4 is 5.32 Å². The van der Waals surface area contributed by atoms with Gasteiger partial charge in [0.2, 0.25) is 0 Å². The van der Waals surface area contributed by atoms with Crippen LogP contribution in [0.2, 0.25) is 0 Å². The second-order valence-electron chi connectivity index (χ2n) is 4.69. The van der Waals surface area contributed by atoms with Crippen LogP contribution in [0.25, 0.3) is 10.9 Å². The van der Waals surface area contributed by atoms with E-state index < -0.39 is 0 Å². The third-order valence-electron chi connectivity index (χ3n) is 3.43. The lowest BCUT2D eigenvalue weighted by Gasteiger charge is -2.10. The first-order valence-corrected chi connectivity index (χ1v) is 6.36. The van der Waals surface area contributed by atoms with E-state index in [0.29, 0.717) is 5.76 Å². The van der Waals surface area contributed by atoms with Crippen molar-refractivity contribution in [2.45, 2.75) is 13.8 Å². The highest BCUT2D eigenvalue weighted by Crippen LogP contribution is 2.26. The summed E-state index contributed by atoms with van der Waals surface area (Å²) in [4.78, 5) is 16.4. The van der Waals surface area contributed by atoms with Crippen LogP contribution in [0.4, 0.5) is 5.69 Å². The first-order valence-electron chi connectivity index (χ1n) is 6.36. The number of hydrogen-bond donors (Lipinski definition) is 1. The van der Waals surface area contributed by atoms with E-state index in [1.807, 2.05) is 26.0 Å². The first kappa shape index (κ1) is 12.4. The van der Waals surface area contributed by atoms with Gasteiger partial charge < -0.3 is 9.73 Å². The van der Waals surface area contributed by atoms with Gasteiger partial charge in [-0.05, 0) is 43.2 Å². The van der Waals surface area contributed by atoms with Gasteiger partial charge in [-0.1, -0.05) is 12.1 Å². The predicted octanol–water partition coefficient (Wildman–Crippen LogP) is 3.70. The third kappa shape index (κ3) is 2.05. The number of nitrogens with zero attached hydrogens (tertiary/aromatic N) is 1. The topological polar surface area (TPSA) is 55.1 Å². The highest BCUT2D eigenvalue weighted by atomic mass is 16.3. The molecule has 4 nitrogen and oxygen atoms in total. The van der Waals surface area contributed by atoms with Crippen molar-refractivity contribution in [2.75, 3.05) is 5.32 Å². The maximum atomic E-state index is 12.0. The van der Waals surface area contributed by atoms with E-state index in [9.17, 15) is 4.79 Å². The highest BCUT2D eigenvalue weighted by Gasteiger charge is 2.12. The molecule has 0 saturated carbocycles. The van der Waals surface area contributed by atoms with Gasteiger partial charge in [0.25, 0.3) is 5.91 Å². The molecular weight excluding hydrogens is 252 g/mol. The zero-order valence-electron chi connectivity index (χ0n) is 11.3. The van der Waals surface area contributed by atoms with Gasteiger partial charge in [0, 0.05) is 11.6 Å². The van der Waals surface area contributed by atoms with Gasteiger partial charge in [0.1, 0.15) is 0 Å². The average molecular weight is 266 g/mol. The third-order valence-corrected chi connectivity index (χ3v) is 3.43. The Balaban J connectivity index is 2.04. The molecule has 3 aromatic rings. The lowest BCUT2D eigenvalue weighted by molar-refractivity contribution is 0.0997. The monoisotopic (exact) mass is 266 g/mol. The Morgan fingerprint density at radius 1 is 1.20 bits per heavy atom. The van der Waals surface area contributed by atoms with Crippen molar-refractivity contribution in [3.63, 3.8) is 0 Å². The van der Waals surface area contributed by atoms with Crippen molar-refractivity contribution in [3.05, 3.63) is 59.7 Å². The van der Waals surface area contributed by atoms with Crippen LogP contribution in [-0.4, -0.2) is 10.9 Å². The summed E-state index contributed by atoms with van der Waals surface area (Å²) in [6.07, 6.45) is 3.18. The van der Waals surface area contributed by atoms with E-state index >= 15 is 0 Å². The summed E-state index contributed by atoms with van der Waals surface area (Å²) >= 11 is 0. The van der Waals surface area contributed by atoms with Crippen LogP contribution in [0.15, 0.2) is 47.2 Å². The van der Waals surface area contributed by atoms with Gasteiger partial charge in [-0.3, -0.25) is 9.78 Å². The molecule has 20 heavy (non-hydrogen) atoms. The first-order chi connectivity index (χ1) is 9.66. The van der Waals surface area contributed by atoms with Crippen molar-refractivity contribution in [3.8, 4) is 0 Å². The van der Waals surface area contributed by atoms with Gasteiger partial charge in [-0.25, -0.2) is 0 Å². The number of furan rings is 1. The predicted molar refractivity (Wildman–Crippen MR) is 77.9 cm³/mol. The van der Waals surface area contributed by atoms with Gasteiger partial charge in [-0.15, -0.1) is 0 Å². The number of pyridine rings is 1. The minimum absolute atomic E-state index is 0.263. The Kier molecular flexibility index (Phi) is 2.99. The summed E-state index contributed by atoms with van der Waals surface area (Å²) in [7, 11) is 0. The molecule has 3 rings (SSSR count). The Morgan fingerprint density at radius 2 is 2.05 bits per heavy atom. The summed E-state index contributed by atoms with van der Waals surface area (Å²) in [6.45, 7) is 4.08.